The van der Waals surface area contributed by atoms with Gasteiger partial charge >= 0.3 is 6.03 Å². The van der Waals surface area contributed by atoms with E-state index in [0.29, 0.717) is 5.92 Å². The molecule has 2 amide bonds. The number of nitrogens with two attached hydrogens (primary N) is 1. The third-order valence-electron chi connectivity index (χ3n) is 2.92. The van der Waals surface area contributed by atoms with Gasteiger partial charge in [0.15, 0.2) is 0 Å². The lowest BCUT2D eigenvalue weighted by molar-refractivity contribution is 0.251. The van der Waals surface area contributed by atoms with Crippen molar-refractivity contribution in [3.05, 3.63) is 29.8 Å². The van der Waals surface area contributed by atoms with Crippen LogP contribution in [0.25, 0.3) is 0 Å². The van der Waals surface area contributed by atoms with Crippen LogP contribution >= 0.6 is 0 Å². The molecule has 1 aliphatic rings. The van der Waals surface area contributed by atoms with Crippen LogP contribution in [0.5, 0.6) is 0 Å². The maximum atomic E-state index is 11.6. The van der Waals surface area contributed by atoms with E-state index in [9.17, 15) is 4.79 Å². The van der Waals surface area contributed by atoms with Crippen LogP contribution in [0.4, 0.5) is 10.5 Å². The fourth-order valence-electron chi connectivity index (χ4n) is 1.63. The van der Waals surface area contributed by atoms with Gasteiger partial charge < -0.3 is 16.4 Å². The number of hydrogen-bond acceptors (Lipinski definition) is 2. The second-order valence-corrected chi connectivity index (χ2v) is 4.69. The zero-order chi connectivity index (χ0) is 12.3. The van der Waals surface area contributed by atoms with Crippen molar-refractivity contribution in [3.8, 4) is 0 Å². The number of anilines is 1. The second kappa shape index (κ2) is 5.19. The maximum Gasteiger partial charge on any atom is 0.319 e. The van der Waals surface area contributed by atoms with Crippen molar-refractivity contribution in [3.63, 3.8) is 0 Å². The second-order valence-electron chi connectivity index (χ2n) is 4.69. The van der Waals surface area contributed by atoms with E-state index >= 15 is 0 Å². The van der Waals surface area contributed by atoms with Gasteiger partial charge in [-0.2, -0.15) is 0 Å². The molecule has 0 aliphatic heterocycles. The summed E-state index contributed by atoms with van der Waals surface area (Å²) in [6, 6.07) is 7.46. The molecule has 1 saturated carbocycles. The minimum absolute atomic E-state index is 0.0220. The summed E-state index contributed by atoms with van der Waals surface area (Å²) in [6.45, 7) is 2.70. The SMILES string of the molecule is CC(N)c1cccc(NC(=O)NCC2CC2)c1. The highest BCUT2D eigenvalue weighted by Crippen LogP contribution is 2.27. The Morgan fingerprint density at radius 3 is 2.94 bits per heavy atom. The summed E-state index contributed by atoms with van der Waals surface area (Å²) < 4.78 is 0. The molecule has 1 atom stereocenters. The summed E-state index contributed by atoms with van der Waals surface area (Å²) in [5, 5.41) is 5.68. The Bertz CT molecular complexity index is 399. The van der Waals surface area contributed by atoms with E-state index in [0.717, 1.165) is 17.8 Å². The van der Waals surface area contributed by atoms with Crippen LogP contribution in [-0.4, -0.2) is 12.6 Å². The zero-order valence-corrected chi connectivity index (χ0v) is 10.1. The molecule has 0 spiro atoms. The standard InChI is InChI=1S/C13H19N3O/c1-9(14)11-3-2-4-12(7-11)16-13(17)15-8-10-5-6-10/h2-4,7,9-10H,5-6,8,14H2,1H3,(H2,15,16,17). The molecule has 2 rings (SSSR count). The highest BCUT2D eigenvalue weighted by atomic mass is 16.2. The molecule has 4 heteroatoms. The molecular weight excluding hydrogens is 214 g/mol. The molecular formula is C13H19N3O. The molecule has 0 saturated heterocycles. The van der Waals surface area contributed by atoms with Crippen molar-refractivity contribution >= 4 is 11.7 Å². The van der Waals surface area contributed by atoms with Crippen LogP contribution in [0.2, 0.25) is 0 Å². The first kappa shape index (κ1) is 11.9. The van der Waals surface area contributed by atoms with Gasteiger partial charge in [0.2, 0.25) is 0 Å². The predicted molar refractivity (Wildman–Crippen MR) is 68.8 cm³/mol. The number of nitrogens with one attached hydrogen (secondary N) is 2. The number of benzene rings is 1. The highest BCUT2D eigenvalue weighted by Gasteiger charge is 2.21. The Morgan fingerprint density at radius 1 is 1.53 bits per heavy atom. The van der Waals surface area contributed by atoms with Gasteiger partial charge in [-0.3, -0.25) is 0 Å². The van der Waals surface area contributed by atoms with Crippen molar-refractivity contribution in [2.75, 3.05) is 11.9 Å². The highest BCUT2D eigenvalue weighted by molar-refractivity contribution is 5.89. The number of carbonyl (C=O) groups is 1. The lowest BCUT2D eigenvalue weighted by atomic mass is 10.1. The minimum Gasteiger partial charge on any atom is -0.338 e. The van der Waals surface area contributed by atoms with E-state index in [1.165, 1.54) is 12.8 Å². The summed E-state index contributed by atoms with van der Waals surface area (Å²) in [5.74, 6) is 0.691. The molecule has 1 unspecified atom stereocenters. The number of hydrogen-bond donors (Lipinski definition) is 3. The molecule has 1 aromatic rings. The largest absolute Gasteiger partial charge is 0.338 e. The number of rotatable bonds is 4. The molecule has 0 bridgehead atoms. The molecule has 0 aromatic heterocycles. The third kappa shape index (κ3) is 3.75. The molecule has 17 heavy (non-hydrogen) atoms. The normalized spacial score (nSPS) is 16.4. The van der Waals surface area contributed by atoms with Crippen LogP contribution < -0.4 is 16.4 Å². The van der Waals surface area contributed by atoms with Gasteiger partial charge in [0.1, 0.15) is 0 Å². The van der Waals surface area contributed by atoms with E-state index in [2.05, 4.69) is 10.6 Å². The molecule has 4 nitrogen and oxygen atoms in total. The van der Waals surface area contributed by atoms with Crippen LogP contribution in [0.3, 0.4) is 0 Å². The fraction of sp³-hybridized carbons (Fsp3) is 0.462. The average Bonchev–Trinajstić information content (AvgIpc) is 3.10. The van der Waals surface area contributed by atoms with Crippen LogP contribution in [-0.2, 0) is 0 Å². The zero-order valence-electron chi connectivity index (χ0n) is 10.1. The molecule has 1 aromatic carbocycles. The Labute approximate surface area is 102 Å². The molecule has 1 fully saturated rings. The lowest BCUT2D eigenvalue weighted by Gasteiger charge is -2.10. The van der Waals surface area contributed by atoms with E-state index in [1.54, 1.807) is 0 Å². The van der Waals surface area contributed by atoms with E-state index in [4.69, 9.17) is 5.73 Å². The number of urea groups is 1. The Kier molecular flexibility index (Phi) is 3.64. The molecule has 4 N–H and O–H groups in total. The van der Waals surface area contributed by atoms with Crippen molar-refractivity contribution < 1.29 is 4.79 Å². The molecule has 1 aliphatic carbocycles. The van der Waals surface area contributed by atoms with Gasteiger partial charge in [-0.15, -0.1) is 0 Å². The van der Waals surface area contributed by atoms with Crippen LogP contribution in [0, 0.1) is 5.92 Å². The summed E-state index contributed by atoms with van der Waals surface area (Å²) in [7, 11) is 0. The van der Waals surface area contributed by atoms with Crippen molar-refractivity contribution in [2.45, 2.75) is 25.8 Å². The number of amides is 2. The van der Waals surface area contributed by atoms with Crippen molar-refractivity contribution in [1.29, 1.82) is 0 Å². The van der Waals surface area contributed by atoms with Gasteiger partial charge in [0, 0.05) is 18.3 Å². The topological polar surface area (TPSA) is 67.1 Å². The van der Waals surface area contributed by atoms with Gasteiger partial charge in [0.05, 0.1) is 0 Å². The first-order valence-electron chi connectivity index (χ1n) is 6.05. The average molecular weight is 233 g/mol. The lowest BCUT2D eigenvalue weighted by Crippen LogP contribution is -2.30. The predicted octanol–water partition coefficient (Wildman–Crippen LogP) is 2.24. The monoisotopic (exact) mass is 233 g/mol. The fourth-order valence-corrected chi connectivity index (χ4v) is 1.63. The van der Waals surface area contributed by atoms with Gasteiger partial charge in [-0.25, -0.2) is 4.79 Å². The first-order chi connectivity index (χ1) is 8.15. The minimum atomic E-state index is -0.140. The smallest absolute Gasteiger partial charge is 0.319 e. The Hall–Kier alpha value is -1.55. The summed E-state index contributed by atoms with van der Waals surface area (Å²) in [4.78, 5) is 11.6. The van der Waals surface area contributed by atoms with Gasteiger partial charge in [0.25, 0.3) is 0 Å². The summed E-state index contributed by atoms with van der Waals surface area (Å²) in [5.41, 5.74) is 7.60. The van der Waals surface area contributed by atoms with E-state index < -0.39 is 0 Å². The van der Waals surface area contributed by atoms with E-state index in [-0.39, 0.29) is 12.1 Å². The molecule has 0 radical (unpaired) electrons. The number of carbonyl (C=O) groups excluding carboxylic acids is 1. The molecule has 0 heterocycles. The van der Waals surface area contributed by atoms with E-state index in [1.807, 2.05) is 31.2 Å². The summed E-state index contributed by atoms with van der Waals surface area (Å²) >= 11 is 0. The van der Waals surface area contributed by atoms with Crippen molar-refractivity contribution in [1.82, 2.24) is 5.32 Å². The quantitative estimate of drug-likeness (QED) is 0.746. The molecule has 92 valence electrons. The maximum absolute atomic E-state index is 11.6. The van der Waals surface area contributed by atoms with Crippen molar-refractivity contribution in [2.24, 2.45) is 11.7 Å². The van der Waals surface area contributed by atoms with Gasteiger partial charge in [-0.05, 0) is 43.4 Å². The van der Waals surface area contributed by atoms with Crippen LogP contribution in [0.1, 0.15) is 31.4 Å². The van der Waals surface area contributed by atoms with Crippen LogP contribution in [0.15, 0.2) is 24.3 Å². The summed E-state index contributed by atoms with van der Waals surface area (Å²) in [6.07, 6.45) is 2.47. The Balaban J connectivity index is 1.87. The third-order valence-corrected chi connectivity index (χ3v) is 2.92. The van der Waals surface area contributed by atoms with Gasteiger partial charge in [-0.1, -0.05) is 12.1 Å². The first-order valence-corrected chi connectivity index (χ1v) is 6.05. The Morgan fingerprint density at radius 2 is 2.29 bits per heavy atom.